The zero-order valence-electron chi connectivity index (χ0n) is 54.5. The zero-order chi connectivity index (χ0) is 72.4. The van der Waals surface area contributed by atoms with E-state index in [1.165, 1.54) is 24.3 Å². The molecule has 0 radical (unpaired) electrons. The molecule has 100 heavy (non-hydrogen) atoms. The highest BCUT2D eigenvalue weighted by Gasteiger charge is 2.26. The molecule has 532 valence electrons. The number of rotatable bonds is 28. The fraction of sp³-hybridized carbons (Fsp3) is 0.191. The third-order valence-corrected chi connectivity index (χ3v) is 14.0. The van der Waals surface area contributed by atoms with Gasteiger partial charge in [-0.05, 0) is 140 Å². The molecule has 0 saturated carbocycles. The number of carbonyl (C=O) groups is 1. The Morgan fingerprint density at radius 1 is 0.460 bits per heavy atom. The van der Waals surface area contributed by atoms with Gasteiger partial charge in [-0.15, -0.1) is 0 Å². The summed E-state index contributed by atoms with van der Waals surface area (Å²) in [5.74, 6) is 0.241. The number of allylic oxidation sites excluding steroid dienone is 2. The number of benzene rings is 8. The first kappa shape index (κ1) is 80.2. The summed E-state index contributed by atoms with van der Waals surface area (Å²) >= 11 is 0. The number of nitrogens with one attached hydrogen (secondary N) is 6. The van der Waals surface area contributed by atoms with Crippen LogP contribution in [0.15, 0.2) is 198 Å². The number of anilines is 14. The Kier molecular flexibility index (Phi) is 33.4. The standard InChI is InChI=1S/C22H23N5O7.C22H27N5O3.C22H25N5O3.CH2O2.CH4O.H3N/c28-10-8-25(9-11-29)17-6-4-15(5-7-17)23-19-13-20(24-16-2-1-3-18(30)12-16)22(27(33)34)14-21(19)26(31)32;2*23-19-13-20(24)22(26-16-2-1-3-18(30)12-16)14-21(19)25-15-4-6-17(7-5-15)27(8-10-28)9-11-29;2-1-3;1-2;/h1-7,12-14,23-24,28-30H,8-11H2;1-7,12-14,25-26,28-30H,8-11,23-24H2;1-7,12-14,23,26,28-30H,8-11,24H2;1H,(H,2,3);2H,1H3;1H3. The number of phenols is 3. The molecule has 8 aromatic rings. The Morgan fingerprint density at radius 3 is 1.13 bits per heavy atom. The fourth-order valence-corrected chi connectivity index (χ4v) is 9.49. The maximum absolute atomic E-state index is 11.6. The summed E-state index contributed by atoms with van der Waals surface area (Å²) in [6.07, 6.45) is 3.22. The van der Waals surface area contributed by atoms with Crippen molar-refractivity contribution in [3.05, 3.63) is 214 Å². The Morgan fingerprint density at radius 2 is 0.780 bits per heavy atom. The lowest BCUT2D eigenvalue weighted by atomic mass is 10.0. The van der Waals surface area contributed by atoms with Gasteiger partial charge in [-0.3, -0.25) is 30.4 Å². The number of nitrogen functional groups attached to an aromatic ring is 2. The van der Waals surface area contributed by atoms with Gasteiger partial charge in [-0.25, -0.2) is 4.99 Å². The van der Waals surface area contributed by atoms with Crippen LogP contribution in [0.1, 0.15) is 0 Å². The highest BCUT2D eigenvalue weighted by Crippen LogP contribution is 2.40. The van der Waals surface area contributed by atoms with E-state index in [4.69, 9.17) is 37.6 Å². The second-order valence-corrected chi connectivity index (χ2v) is 20.8. The number of aliphatic hydroxyl groups is 7. The number of carboxylic acid groups (broad SMARTS) is 1. The predicted octanol–water partition coefficient (Wildman–Crippen LogP) is 7.92. The number of nitro benzene ring substituents is 2. The second kappa shape index (κ2) is 41.6. The Labute approximate surface area is 575 Å². The molecule has 1 aliphatic rings. The second-order valence-electron chi connectivity index (χ2n) is 20.8. The molecule has 26 N–H and O–H groups in total. The molecule has 0 bridgehead atoms. The summed E-state index contributed by atoms with van der Waals surface area (Å²) in [6.45, 7) is 1.97. The van der Waals surface area contributed by atoms with Crippen LogP contribution < -0.4 is 64.6 Å². The van der Waals surface area contributed by atoms with E-state index in [-0.39, 0.29) is 86.6 Å². The van der Waals surface area contributed by atoms with Crippen LogP contribution >= 0.6 is 0 Å². The molecule has 0 spiro atoms. The van der Waals surface area contributed by atoms with Crippen LogP contribution in [-0.2, 0) is 4.79 Å². The van der Waals surface area contributed by atoms with Crippen LogP contribution in [0.2, 0.25) is 0 Å². The van der Waals surface area contributed by atoms with Gasteiger partial charge in [0.25, 0.3) is 17.8 Å². The van der Waals surface area contributed by atoms with Crippen LogP contribution in [0.5, 0.6) is 17.2 Å². The van der Waals surface area contributed by atoms with Crippen LogP contribution in [0.4, 0.5) is 96.7 Å². The lowest BCUT2D eigenvalue weighted by molar-refractivity contribution is -0.393. The number of aliphatic hydroxyl groups excluding tert-OH is 7. The van der Waals surface area contributed by atoms with Crippen molar-refractivity contribution in [1.29, 1.82) is 5.41 Å². The van der Waals surface area contributed by atoms with Crippen molar-refractivity contribution in [3.8, 4) is 17.2 Å². The number of phenolic OH excluding ortho intramolecular Hbond substituents is 3. The van der Waals surface area contributed by atoms with Crippen LogP contribution in [-0.4, -0.2) is 170 Å². The van der Waals surface area contributed by atoms with E-state index in [2.05, 4.69) is 31.6 Å². The topological polar surface area (TPSA) is 545 Å². The molecule has 0 aliphatic heterocycles. The van der Waals surface area contributed by atoms with Crippen molar-refractivity contribution in [2.75, 3.05) is 139 Å². The molecule has 9 rings (SSSR count). The molecule has 0 fully saturated rings. The van der Waals surface area contributed by atoms with Gasteiger partial charge >= 0.3 is 0 Å². The average Bonchev–Trinajstić information content (AvgIpc) is 0.802. The quantitative estimate of drug-likeness (QED) is 0.00727. The maximum atomic E-state index is 11.6. The first-order valence-electron chi connectivity index (χ1n) is 30.2. The van der Waals surface area contributed by atoms with Crippen molar-refractivity contribution in [1.82, 2.24) is 6.15 Å². The van der Waals surface area contributed by atoms with E-state index in [0.717, 1.165) is 35.9 Å². The number of hydrogen-bond acceptors (Lipinski definition) is 29. The third kappa shape index (κ3) is 24.7. The van der Waals surface area contributed by atoms with Crippen molar-refractivity contribution in [2.45, 2.75) is 0 Å². The summed E-state index contributed by atoms with van der Waals surface area (Å²) in [5.41, 5.74) is 27.5. The SMILES string of the molecule is CO.N.N=C1C=C(N)C(Nc2cccc(O)c2)=CC1=Nc1ccc(N(CCO)CCO)cc1.Nc1cc(N)c(Nc2cccc(O)c2)cc1Nc1ccc(N(CCO)CCO)cc1.O=CO.O=[N+]([O-])c1cc([N+](=O)[O-])c(Nc2cccc(O)c2)cc1Nc1ccc(N(CCO)CCO)cc1. The molecule has 32 nitrogen and oxygen atoms in total. The number of aliphatic imine (C=N–C) groups is 1. The molecule has 0 amide bonds. The van der Waals surface area contributed by atoms with E-state index in [1.54, 1.807) is 95.9 Å². The van der Waals surface area contributed by atoms with Gasteiger partial charge in [-0.2, -0.15) is 0 Å². The predicted molar refractivity (Wildman–Crippen MR) is 392 cm³/mol. The minimum atomic E-state index is -0.729. The highest BCUT2D eigenvalue weighted by molar-refractivity contribution is 6.50. The molecular weight excluding hydrogens is 1300 g/mol. The molecular formula is C68H84N16O16. The number of nitrogens with two attached hydrogens (primary N) is 3. The highest BCUT2D eigenvalue weighted by atomic mass is 16.6. The van der Waals surface area contributed by atoms with E-state index < -0.39 is 21.2 Å². The van der Waals surface area contributed by atoms with Crippen LogP contribution in [0.3, 0.4) is 0 Å². The Bertz CT molecular complexity index is 4000. The van der Waals surface area contributed by atoms with Crippen LogP contribution in [0, 0.1) is 25.6 Å². The lowest BCUT2D eigenvalue weighted by Gasteiger charge is -2.23. The summed E-state index contributed by atoms with van der Waals surface area (Å²) in [4.78, 5) is 40.2. The van der Waals surface area contributed by atoms with Gasteiger partial charge in [0.1, 0.15) is 28.6 Å². The van der Waals surface area contributed by atoms with E-state index in [0.29, 0.717) is 108 Å². The van der Waals surface area contributed by atoms with Crippen LogP contribution in [0.25, 0.3) is 0 Å². The van der Waals surface area contributed by atoms with E-state index in [1.807, 2.05) is 70.5 Å². The molecule has 8 aromatic carbocycles. The number of nitrogens with zero attached hydrogens (tertiary/aromatic N) is 6. The fourth-order valence-electron chi connectivity index (χ4n) is 9.49. The Hall–Kier alpha value is -12.3. The van der Waals surface area contributed by atoms with Gasteiger partial charge in [0.2, 0.25) is 0 Å². The number of aromatic hydroxyl groups is 3. The normalized spacial score (nSPS) is 11.4. The first-order chi connectivity index (χ1) is 47.7. The summed E-state index contributed by atoms with van der Waals surface area (Å²) in [6, 6.07) is 46.7. The smallest absolute Gasteiger partial charge is 0.299 e. The van der Waals surface area contributed by atoms with Gasteiger partial charge in [0.05, 0.1) is 107 Å². The Balaban J connectivity index is 0.000000307. The summed E-state index contributed by atoms with van der Waals surface area (Å²) < 4.78 is 0. The maximum Gasteiger partial charge on any atom is 0.299 e. The first-order valence-corrected chi connectivity index (χ1v) is 30.2. The molecule has 0 atom stereocenters. The van der Waals surface area contributed by atoms with Gasteiger partial charge in [-0.1, -0.05) is 18.2 Å². The number of nitro groups is 2. The van der Waals surface area contributed by atoms with Gasteiger partial charge in [0, 0.05) is 110 Å². The minimum Gasteiger partial charge on any atom is -0.508 e. The van der Waals surface area contributed by atoms with Crippen molar-refractivity contribution >= 4 is 115 Å². The van der Waals surface area contributed by atoms with Crippen molar-refractivity contribution < 1.29 is 70.8 Å². The lowest BCUT2D eigenvalue weighted by Crippen LogP contribution is -2.29. The average molecular weight is 1380 g/mol. The van der Waals surface area contributed by atoms with Crippen molar-refractivity contribution in [3.63, 3.8) is 0 Å². The van der Waals surface area contributed by atoms with E-state index >= 15 is 0 Å². The molecule has 0 aromatic heterocycles. The number of hydrogen-bond donors (Lipinski definition) is 21. The molecule has 1 aliphatic carbocycles. The van der Waals surface area contributed by atoms with Crippen molar-refractivity contribution in [2.24, 2.45) is 10.7 Å². The molecule has 32 heteroatoms. The minimum absolute atomic E-state index is 0. The monoisotopic (exact) mass is 1380 g/mol. The molecule has 0 heterocycles. The molecule has 0 unspecified atom stereocenters. The molecule has 0 saturated heterocycles. The van der Waals surface area contributed by atoms with Gasteiger partial charge < -0.3 is 121 Å². The van der Waals surface area contributed by atoms with Gasteiger partial charge in [0.15, 0.2) is 0 Å². The zero-order valence-corrected chi connectivity index (χ0v) is 54.5. The summed E-state index contributed by atoms with van der Waals surface area (Å²) in [7, 11) is 1.00. The summed E-state index contributed by atoms with van der Waals surface area (Å²) in [5, 5.41) is 145. The van der Waals surface area contributed by atoms with E-state index in [9.17, 15) is 66.2 Å². The largest absolute Gasteiger partial charge is 0.508 e. The third-order valence-electron chi connectivity index (χ3n) is 14.0.